The molecule has 1 unspecified atom stereocenters. The average Bonchev–Trinajstić information content (AvgIpc) is 3.24. The van der Waals surface area contributed by atoms with E-state index in [-0.39, 0.29) is 40.0 Å². The van der Waals surface area contributed by atoms with Crippen LogP contribution in [0.1, 0.15) is 93.4 Å². The van der Waals surface area contributed by atoms with Crippen LogP contribution in [0.2, 0.25) is 36.3 Å². The summed E-state index contributed by atoms with van der Waals surface area (Å²) in [6, 6.07) is 0. The van der Waals surface area contributed by atoms with Gasteiger partial charge in [-0.25, -0.2) is 0 Å². The molecule has 0 bridgehead atoms. The van der Waals surface area contributed by atoms with Gasteiger partial charge in [-0.05, 0) is 80.2 Å². The molecule has 0 aromatic carbocycles. The van der Waals surface area contributed by atoms with Crippen LogP contribution in [-0.2, 0) is 13.6 Å². The van der Waals surface area contributed by atoms with E-state index in [1.165, 1.54) is 25.7 Å². The van der Waals surface area contributed by atoms with Crippen LogP contribution in [0.4, 0.5) is 0 Å². The van der Waals surface area contributed by atoms with Gasteiger partial charge in [0.2, 0.25) is 0 Å². The zero-order valence-electron chi connectivity index (χ0n) is 24.7. The van der Waals surface area contributed by atoms with Crippen molar-refractivity contribution >= 4 is 22.4 Å². The molecule has 3 saturated carbocycles. The van der Waals surface area contributed by atoms with Gasteiger partial charge in [0.15, 0.2) is 16.6 Å². The van der Waals surface area contributed by atoms with Gasteiger partial charge in [-0.3, -0.25) is 4.79 Å². The molecule has 6 atom stereocenters. The fraction of sp³-hybridized carbons (Fsp3) is 0.900. The van der Waals surface area contributed by atoms with Gasteiger partial charge in [0.05, 0.1) is 6.10 Å². The number of fused-ring (bicyclic) bond motifs is 1. The second-order valence-electron chi connectivity index (χ2n) is 14.8. The molecule has 0 aromatic heterocycles. The van der Waals surface area contributed by atoms with Crippen molar-refractivity contribution in [2.24, 2.45) is 29.6 Å². The Hall–Kier alpha value is -0.416. The standard InChI is InChI=1S/C30H54O3Si2/c1-12-22-27-23(26(20-18-24(27)28(22)31)33-35(10,11)30(5,6)7)17-19-25(21-15-13-14-16-21)32-34(8,9)29(2,3)4/h21-27H,12-16,18,20H2,1-11H3/t22?,23-,24-,25-,26+,27+/m1/s1. The molecular formula is C30H54O3Si2. The molecule has 0 saturated heterocycles. The van der Waals surface area contributed by atoms with Crippen LogP contribution in [0.5, 0.6) is 0 Å². The van der Waals surface area contributed by atoms with Crippen LogP contribution in [0.3, 0.4) is 0 Å². The summed E-state index contributed by atoms with van der Waals surface area (Å²) in [5.74, 6) is 9.45. The lowest BCUT2D eigenvalue weighted by atomic mass is 9.52. The fourth-order valence-electron chi connectivity index (χ4n) is 5.95. The number of hydrogen-bond donors (Lipinski definition) is 0. The predicted octanol–water partition coefficient (Wildman–Crippen LogP) is 8.21. The normalized spacial score (nSPS) is 31.4. The summed E-state index contributed by atoms with van der Waals surface area (Å²) in [4.78, 5) is 12.9. The fourth-order valence-corrected chi connectivity index (χ4v) is 8.56. The van der Waals surface area contributed by atoms with Gasteiger partial charge in [-0.1, -0.05) is 73.1 Å². The maximum Gasteiger partial charge on any atom is 0.193 e. The smallest absolute Gasteiger partial charge is 0.193 e. The molecule has 3 aliphatic carbocycles. The van der Waals surface area contributed by atoms with Crippen molar-refractivity contribution in [3.05, 3.63) is 0 Å². The number of Topliss-reactive ketones (excluding diaryl/α,β-unsaturated/α-hetero) is 1. The van der Waals surface area contributed by atoms with E-state index in [2.05, 4.69) is 86.5 Å². The van der Waals surface area contributed by atoms with Crippen molar-refractivity contribution in [2.75, 3.05) is 0 Å². The topological polar surface area (TPSA) is 35.5 Å². The van der Waals surface area contributed by atoms with Crippen molar-refractivity contribution in [1.29, 1.82) is 0 Å². The van der Waals surface area contributed by atoms with Gasteiger partial charge in [-0.15, -0.1) is 0 Å². The van der Waals surface area contributed by atoms with Gasteiger partial charge < -0.3 is 8.85 Å². The third-order valence-corrected chi connectivity index (χ3v) is 19.3. The molecule has 200 valence electrons. The van der Waals surface area contributed by atoms with E-state index in [9.17, 15) is 4.79 Å². The second-order valence-corrected chi connectivity index (χ2v) is 24.3. The van der Waals surface area contributed by atoms with Crippen molar-refractivity contribution in [2.45, 2.75) is 142 Å². The number of hydrogen-bond acceptors (Lipinski definition) is 3. The summed E-state index contributed by atoms with van der Waals surface area (Å²) >= 11 is 0. The van der Waals surface area contributed by atoms with Crippen LogP contribution in [-0.4, -0.2) is 34.6 Å². The third kappa shape index (κ3) is 6.02. The highest BCUT2D eigenvalue weighted by atomic mass is 28.4. The van der Waals surface area contributed by atoms with E-state index >= 15 is 0 Å². The Labute approximate surface area is 219 Å². The maximum atomic E-state index is 12.9. The van der Waals surface area contributed by atoms with Gasteiger partial charge in [-0.2, -0.15) is 0 Å². The van der Waals surface area contributed by atoms with E-state index in [4.69, 9.17) is 8.85 Å². The van der Waals surface area contributed by atoms with Crippen LogP contribution in [0.15, 0.2) is 0 Å². The predicted molar refractivity (Wildman–Crippen MR) is 152 cm³/mol. The Bertz CT molecular complexity index is 809. The first-order valence-corrected chi connectivity index (χ1v) is 20.2. The van der Waals surface area contributed by atoms with E-state index in [1.54, 1.807) is 0 Å². The molecule has 3 nitrogen and oxygen atoms in total. The van der Waals surface area contributed by atoms with E-state index in [1.807, 2.05) is 0 Å². The molecule has 0 amide bonds. The summed E-state index contributed by atoms with van der Waals surface area (Å²) in [5, 5.41) is 0.336. The SMILES string of the molecule is CCC1C(=O)[C@@H]2CC[C@H](O[Si](C)(C)C(C)(C)C)[C@@H](C#C[C@@H](O[Si](C)(C)C(C)(C)C)C3CCCC3)[C@H]12. The molecule has 0 aromatic rings. The summed E-state index contributed by atoms with van der Waals surface area (Å²) in [5.41, 5.74) is 0. The lowest BCUT2D eigenvalue weighted by Gasteiger charge is -2.53. The zero-order valence-corrected chi connectivity index (χ0v) is 26.7. The van der Waals surface area contributed by atoms with Crippen LogP contribution < -0.4 is 0 Å². The van der Waals surface area contributed by atoms with Crippen LogP contribution in [0, 0.1) is 41.4 Å². The number of rotatable bonds is 6. The van der Waals surface area contributed by atoms with Crippen molar-refractivity contribution in [3.63, 3.8) is 0 Å². The van der Waals surface area contributed by atoms with Crippen molar-refractivity contribution < 1.29 is 13.6 Å². The number of carbonyl (C=O) groups excluding carboxylic acids is 1. The summed E-state index contributed by atoms with van der Waals surface area (Å²) < 4.78 is 14.0. The molecule has 3 fully saturated rings. The molecule has 3 rings (SSSR count). The van der Waals surface area contributed by atoms with Gasteiger partial charge in [0.1, 0.15) is 11.9 Å². The zero-order chi connectivity index (χ0) is 26.4. The molecule has 0 radical (unpaired) electrons. The Kier molecular flexibility index (Phi) is 8.65. The second kappa shape index (κ2) is 10.4. The molecule has 5 heteroatoms. The first-order chi connectivity index (χ1) is 16.0. The first-order valence-electron chi connectivity index (χ1n) is 14.4. The maximum absolute atomic E-state index is 12.9. The van der Waals surface area contributed by atoms with Crippen molar-refractivity contribution in [3.8, 4) is 11.8 Å². The van der Waals surface area contributed by atoms with E-state index in [0.717, 1.165) is 19.3 Å². The summed E-state index contributed by atoms with van der Waals surface area (Å²) in [6.45, 7) is 25.5. The van der Waals surface area contributed by atoms with Gasteiger partial charge in [0.25, 0.3) is 0 Å². The van der Waals surface area contributed by atoms with E-state index < -0.39 is 16.6 Å². The highest BCUT2D eigenvalue weighted by Crippen LogP contribution is 2.53. The molecule has 0 N–H and O–H groups in total. The number of ketones is 1. The minimum atomic E-state index is -1.93. The quantitative estimate of drug-likeness (QED) is 0.262. The Morgan fingerprint density at radius 3 is 2.00 bits per heavy atom. The Morgan fingerprint density at radius 2 is 1.49 bits per heavy atom. The third-order valence-electron chi connectivity index (χ3n) is 10.4. The monoisotopic (exact) mass is 518 g/mol. The largest absolute Gasteiger partial charge is 0.413 e. The Morgan fingerprint density at radius 1 is 0.914 bits per heavy atom. The van der Waals surface area contributed by atoms with E-state index in [0.29, 0.717) is 17.6 Å². The molecule has 35 heavy (non-hydrogen) atoms. The van der Waals surface area contributed by atoms with Crippen molar-refractivity contribution in [1.82, 2.24) is 0 Å². The minimum absolute atomic E-state index is 0.0168. The first kappa shape index (κ1) is 29.1. The molecular weight excluding hydrogens is 464 g/mol. The minimum Gasteiger partial charge on any atom is -0.413 e. The highest BCUT2D eigenvalue weighted by Gasteiger charge is 2.57. The lowest BCUT2D eigenvalue weighted by Crippen LogP contribution is -2.58. The Balaban J connectivity index is 1.94. The number of carbonyl (C=O) groups is 1. The van der Waals surface area contributed by atoms with Gasteiger partial charge >= 0.3 is 0 Å². The summed E-state index contributed by atoms with van der Waals surface area (Å²) in [7, 11) is -3.86. The lowest BCUT2D eigenvalue weighted by molar-refractivity contribution is -0.153. The molecule has 0 spiro atoms. The van der Waals surface area contributed by atoms with Crippen LogP contribution >= 0.6 is 0 Å². The average molecular weight is 519 g/mol. The molecule has 0 heterocycles. The van der Waals surface area contributed by atoms with Crippen LogP contribution in [0.25, 0.3) is 0 Å². The van der Waals surface area contributed by atoms with Gasteiger partial charge in [0, 0.05) is 17.8 Å². The molecule has 0 aliphatic heterocycles. The summed E-state index contributed by atoms with van der Waals surface area (Å²) in [6.07, 6.45) is 8.07. The highest BCUT2D eigenvalue weighted by molar-refractivity contribution is 6.74. The molecule has 3 aliphatic rings.